The minimum absolute atomic E-state index is 0.448. The van der Waals surface area contributed by atoms with Crippen molar-refractivity contribution < 1.29 is 51.5 Å². The van der Waals surface area contributed by atoms with E-state index in [1.54, 1.807) is 62.1 Å². The first-order valence-corrected chi connectivity index (χ1v) is 25.6. The van der Waals surface area contributed by atoms with Gasteiger partial charge in [-0.2, -0.15) is 0 Å². The molecule has 0 amide bonds. The fourth-order valence-electron chi connectivity index (χ4n) is 6.09. The fraction of sp³-hybridized carbons (Fsp3) is 0. The second-order valence-corrected chi connectivity index (χ2v) is 13.9. The predicted octanol–water partition coefficient (Wildman–Crippen LogP) is 14.0. The Morgan fingerprint density at radius 1 is 0.438 bits per heavy atom. The largest absolute Gasteiger partial charge is 0.459 e. The molecule has 0 N–H and O–H groups in total. The first kappa shape index (κ1) is 45.9. The van der Waals surface area contributed by atoms with Crippen LogP contribution in [0.3, 0.4) is 0 Å². The quantitative estimate of drug-likeness (QED) is 0.124. The van der Waals surface area contributed by atoms with Gasteiger partial charge in [-0.15, -0.1) is 47.1 Å². The topological polar surface area (TPSA) is 109 Å². The molecule has 0 bridgehead atoms. The molecule has 10 aromatic rings. The van der Waals surface area contributed by atoms with E-state index >= 15 is 0 Å². The molecular weight excluding hydrogens is 1230 g/mol. The Morgan fingerprint density at radius 2 is 0.891 bits per heavy atom. The normalized spacial score (nSPS) is 10.2. The molecule has 9 nitrogen and oxygen atoms in total. The number of hydrogen-bond acceptors (Lipinski definition) is 10. The average molecular weight is 1260 g/mol. The van der Waals surface area contributed by atoms with Gasteiger partial charge in [-0.05, 0) is 58.1 Å². The molecule has 0 aliphatic rings. The number of rotatable bonds is 10. The van der Waals surface area contributed by atoms with Crippen molar-refractivity contribution in [3.63, 3.8) is 0 Å². The van der Waals surface area contributed by atoms with Gasteiger partial charge in [0.25, 0.3) is 0 Å². The molecule has 64 heavy (non-hydrogen) atoms. The van der Waals surface area contributed by atoms with E-state index in [2.05, 4.69) is 104 Å². The maximum Gasteiger partial charge on any atom is 0.247 e. The van der Waals surface area contributed by atoms with Crippen LogP contribution < -0.4 is 9.47 Å². The van der Waals surface area contributed by atoms with Crippen molar-refractivity contribution in [1.82, 2.24) is 29.5 Å². The van der Waals surface area contributed by atoms with Crippen molar-refractivity contribution in [2.45, 2.75) is 0 Å². The van der Waals surface area contributed by atoms with Gasteiger partial charge in [0.05, 0.1) is 5.82 Å². The smallest absolute Gasteiger partial charge is 0.247 e. The molecule has 0 saturated heterocycles. The summed E-state index contributed by atoms with van der Waals surface area (Å²) in [6, 6.07) is 65.5. The summed E-state index contributed by atoms with van der Waals surface area (Å²) in [5, 5.41) is 4.97. The van der Waals surface area contributed by atoms with E-state index in [9.17, 15) is 0 Å². The molecule has 0 fully saturated rings. The van der Waals surface area contributed by atoms with Crippen molar-refractivity contribution in [1.29, 1.82) is 0 Å². The van der Waals surface area contributed by atoms with Gasteiger partial charge >= 0.3 is 56.4 Å². The first-order chi connectivity index (χ1) is 31.7. The Labute approximate surface area is 405 Å². The van der Waals surface area contributed by atoms with Crippen LogP contribution in [0.4, 0.5) is 0 Å². The van der Waals surface area contributed by atoms with Gasteiger partial charge in [-0.3, -0.25) is 4.98 Å². The second kappa shape index (κ2) is 24.1. The van der Waals surface area contributed by atoms with Gasteiger partial charge in [-0.1, -0.05) is 127 Å². The zero-order valence-electron chi connectivity index (χ0n) is 33.2. The van der Waals surface area contributed by atoms with E-state index in [4.69, 9.17) is 19.0 Å². The van der Waals surface area contributed by atoms with Crippen molar-refractivity contribution in [3.05, 3.63) is 207 Å². The van der Waals surface area contributed by atoms with Crippen molar-refractivity contribution in [2.24, 2.45) is 0 Å². The molecule has 320 valence electrons. The summed E-state index contributed by atoms with van der Waals surface area (Å²) in [5.41, 5.74) is 8.03. The summed E-state index contributed by atoms with van der Waals surface area (Å²) in [6.07, 6.45) is 3.37. The van der Waals surface area contributed by atoms with Gasteiger partial charge in [0.1, 0.15) is 10.8 Å². The SMILES string of the molecule is [Cl][Pt+].[Cl][Pt+].[c-]1c(Oc2ccccn2)cccc1-c1noc(-c2ccc(-c3ccccc3)cc2)n1.[c-]1c(Oc2ccccn2)cccc1-c1nsc(-c2ccc(-c3ccccc3)cc2)n1. The molecule has 0 aliphatic heterocycles. The summed E-state index contributed by atoms with van der Waals surface area (Å²) in [6.45, 7) is 0. The van der Waals surface area contributed by atoms with Crippen LogP contribution in [0.1, 0.15) is 0 Å². The summed E-state index contributed by atoms with van der Waals surface area (Å²) >= 11 is 4.60. The summed E-state index contributed by atoms with van der Waals surface area (Å²) in [7, 11) is 9.22. The number of pyridine rings is 2. The van der Waals surface area contributed by atoms with Gasteiger partial charge < -0.3 is 14.0 Å². The molecule has 0 radical (unpaired) electrons. The van der Waals surface area contributed by atoms with Crippen LogP contribution in [-0.2, 0) is 37.5 Å². The molecule has 4 aromatic heterocycles. The summed E-state index contributed by atoms with van der Waals surface area (Å²) < 4.78 is 21.5. The van der Waals surface area contributed by atoms with Gasteiger partial charge in [-0.25, -0.2) is 19.3 Å². The van der Waals surface area contributed by atoms with Crippen molar-refractivity contribution >= 4 is 30.4 Å². The second-order valence-electron chi connectivity index (χ2n) is 13.1. The number of halogens is 2. The van der Waals surface area contributed by atoms with Crippen LogP contribution in [0.2, 0.25) is 0 Å². The Morgan fingerprint density at radius 3 is 1.39 bits per heavy atom. The third-order valence-electron chi connectivity index (χ3n) is 9.05. The van der Waals surface area contributed by atoms with Crippen LogP contribution in [0.25, 0.3) is 67.1 Å². The van der Waals surface area contributed by atoms with E-state index < -0.39 is 0 Å². The Hall–Kier alpha value is -6.12. The molecule has 4 heterocycles. The van der Waals surface area contributed by atoms with Crippen LogP contribution in [0, 0.1) is 12.1 Å². The Kier molecular flexibility index (Phi) is 17.3. The van der Waals surface area contributed by atoms with Crippen molar-refractivity contribution in [2.75, 3.05) is 0 Å². The predicted molar refractivity (Wildman–Crippen MR) is 245 cm³/mol. The maximum atomic E-state index is 5.77. The van der Waals surface area contributed by atoms with Crippen LogP contribution in [0.15, 0.2) is 199 Å². The molecule has 0 aliphatic carbocycles. The third-order valence-corrected chi connectivity index (χ3v) is 9.82. The molecule has 6 aromatic carbocycles. The van der Waals surface area contributed by atoms with Crippen LogP contribution in [-0.4, -0.2) is 29.5 Å². The van der Waals surface area contributed by atoms with Gasteiger partial charge in [0.15, 0.2) is 0 Å². The van der Waals surface area contributed by atoms with E-state index in [0.29, 0.717) is 46.4 Å². The summed E-state index contributed by atoms with van der Waals surface area (Å²) in [4.78, 5) is 17.6. The molecule has 0 spiro atoms. The maximum absolute atomic E-state index is 5.77. The minimum Gasteiger partial charge on any atom is -0.459 e. The molecule has 0 saturated carbocycles. The molecule has 10 rings (SSSR count). The number of hydrogen-bond donors (Lipinski definition) is 0. The Bertz CT molecular complexity index is 2730. The zero-order valence-corrected chi connectivity index (χ0v) is 40.1. The first-order valence-electron chi connectivity index (χ1n) is 19.2. The van der Waals surface area contributed by atoms with E-state index in [0.717, 1.165) is 32.8 Å². The third kappa shape index (κ3) is 12.5. The number of aromatic nitrogens is 6. The number of nitrogens with zero attached hydrogens (tertiary/aromatic N) is 6. The molecular formula is C50H32Cl2N6O3Pt2S. The number of ether oxygens (including phenoxy) is 2. The molecule has 0 atom stereocenters. The number of benzene rings is 6. The van der Waals surface area contributed by atoms with Crippen LogP contribution in [0.5, 0.6) is 23.3 Å². The van der Waals surface area contributed by atoms with E-state index in [1.807, 2.05) is 121 Å². The molecule has 0 unspecified atom stereocenters. The monoisotopic (exact) mass is 1260 g/mol. The zero-order chi connectivity index (χ0) is 44.4. The van der Waals surface area contributed by atoms with E-state index in [-0.39, 0.29) is 0 Å². The minimum atomic E-state index is 0.448. The van der Waals surface area contributed by atoms with Gasteiger partial charge in [0, 0.05) is 47.2 Å². The fourth-order valence-corrected chi connectivity index (χ4v) is 6.77. The molecule has 14 heteroatoms. The van der Waals surface area contributed by atoms with Crippen LogP contribution >= 0.6 is 30.4 Å². The van der Waals surface area contributed by atoms with E-state index in [1.165, 1.54) is 22.7 Å². The average Bonchev–Trinajstić information content (AvgIpc) is 4.09. The Balaban J connectivity index is 0.000000178. The summed E-state index contributed by atoms with van der Waals surface area (Å²) in [5.74, 6) is 3.67. The van der Waals surface area contributed by atoms with Crippen molar-refractivity contribution in [3.8, 4) is 90.3 Å². The standard InChI is InChI=1S/C25H16N3O2.C25H16N3OS.2ClH.2Pt/c2*1-2-7-18(8-3-1)19-12-14-20(15-13-19)25-27-24(28-30-25)21-9-6-10-22(17-21)29-23-11-4-5-16-26-23;;;;/h2*1-16H;2*1H;;/q2*-1;;;2*+2/p-2. The van der Waals surface area contributed by atoms with Gasteiger partial charge in [0.2, 0.25) is 17.7 Å².